The van der Waals surface area contributed by atoms with E-state index in [0.717, 1.165) is 5.56 Å². The molecule has 0 bridgehead atoms. The fourth-order valence-electron chi connectivity index (χ4n) is 2.79. The van der Waals surface area contributed by atoms with Crippen LogP contribution in [0.2, 0.25) is 0 Å². The number of morpholine rings is 1. The molecule has 7 heteroatoms. The SMILES string of the molecule is CC(C)c1ccc(OC(=O)c2ccc(S(=O)(=O)N3CCOCC3)cc2)cc1. The highest BCUT2D eigenvalue weighted by Crippen LogP contribution is 2.21. The van der Waals surface area contributed by atoms with Crippen molar-refractivity contribution in [3.05, 3.63) is 59.7 Å². The Morgan fingerprint density at radius 2 is 1.59 bits per heavy atom. The molecule has 6 nitrogen and oxygen atoms in total. The Labute approximate surface area is 159 Å². The summed E-state index contributed by atoms with van der Waals surface area (Å²) >= 11 is 0. The molecule has 0 radical (unpaired) electrons. The monoisotopic (exact) mass is 389 g/mol. The lowest BCUT2D eigenvalue weighted by Crippen LogP contribution is -2.40. The predicted octanol–water partition coefficient (Wildman–Crippen LogP) is 3.05. The summed E-state index contributed by atoms with van der Waals surface area (Å²) in [7, 11) is -3.58. The zero-order chi connectivity index (χ0) is 19.4. The van der Waals surface area contributed by atoms with Crippen molar-refractivity contribution in [1.29, 1.82) is 0 Å². The number of sulfonamides is 1. The molecule has 3 rings (SSSR count). The minimum atomic E-state index is -3.58. The first kappa shape index (κ1) is 19.5. The number of nitrogens with zero attached hydrogens (tertiary/aromatic N) is 1. The minimum Gasteiger partial charge on any atom is -0.423 e. The van der Waals surface area contributed by atoms with Gasteiger partial charge in [0.05, 0.1) is 23.7 Å². The van der Waals surface area contributed by atoms with Gasteiger partial charge in [0.25, 0.3) is 0 Å². The van der Waals surface area contributed by atoms with E-state index in [0.29, 0.717) is 43.5 Å². The van der Waals surface area contributed by atoms with Gasteiger partial charge in [-0.2, -0.15) is 4.31 Å². The smallest absolute Gasteiger partial charge is 0.343 e. The van der Waals surface area contributed by atoms with Crippen molar-refractivity contribution in [1.82, 2.24) is 4.31 Å². The number of hydrogen-bond donors (Lipinski definition) is 0. The van der Waals surface area contributed by atoms with Gasteiger partial charge in [-0.1, -0.05) is 26.0 Å². The van der Waals surface area contributed by atoms with E-state index < -0.39 is 16.0 Å². The third kappa shape index (κ3) is 4.55. The standard InChI is InChI=1S/C20H23NO5S/c1-15(2)16-3-7-18(8-4-16)26-20(22)17-5-9-19(10-6-17)27(23,24)21-11-13-25-14-12-21/h3-10,15H,11-14H2,1-2H3. The van der Waals surface area contributed by atoms with Gasteiger partial charge in [-0.05, 0) is 47.9 Å². The molecule has 0 spiro atoms. The van der Waals surface area contributed by atoms with Crippen LogP contribution in [0.1, 0.15) is 35.7 Å². The summed E-state index contributed by atoms with van der Waals surface area (Å²) < 4.78 is 37.1. The first-order valence-electron chi connectivity index (χ1n) is 8.88. The molecule has 1 saturated heterocycles. The molecule has 144 valence electrons. The highest BCUT2D eigenvalue weighted by Gasteiger charge is 2.26. The Kier molecular flexibility index (Phi) is 5.94. The third-order valence-corrected chi connectivity index (χ3v) is 6.37. The second-order valence-electron chi connectivity index (χ2n) is 6.65. The number of benzene rings is 2. The number of rotatable bonds is 5. The Morgan fingerprint density at radius 1 is 1.00 bits per heavy atom. The van der Waals surface area contributed by atoms with E-state index >= 15 is 0 Å². The molecule has 0 unspecified atom stereocenters. The summed E-state index contributed by atoms with van der Waals surface area (Å²) in [5.74, 6) is 0.327. The molecule has 1 fully saturated rings. The summed E-state index contributed by atoms with van der Waals surface area (Å²) in [5, 5.41) is 0. The van der Waals surface area contributed by atoms with Crippen LogP contribution in [0, 0.1) is 0 Å². The lowest BCUT2D eigenvalue weighted by molar-refractivity contribution is 0.0730. The van der Waals surface area contributed by atoms with Gasteiger partial charge in [-0.15, -0.1) is 0 Å². The van der Waals surface area contributed by atoms with Crippen molar-refractivity contribution in [3.8, 4) is 5.75 Å². The Hall–Kier alpha value is -2.22. The second-order valence-corrected chi connectivity index (χ2v) is 8.59. The van der Waals surface area contributed by atoms with Crippen molar-refractivity contribution >= 4 is 16.0 Å². The molecule has 0 atom stereocenters. The number of carbonyl (C=O) groups excluding carboxylic acids is 1. The zero-order valence-electron chi connectivity index (χ0n) is 15.4. The molecule has 2 aromatic carbocycles. The van der Waals surface area contributed by atoms with E-state index in [1.54, 1.807) is 12.1 Å². The van der Waals surface area contributed by atoms with E-state index in [4.69, 9.17) is 9.47 Å². The number of hydrogen-bond acceptors (Lipinski definition) is 5. The fourth-order valence-corrected chi connectivity index (χ4v) is 4.19. The van der Waals surface area contributed by atoms with Crippen LogP contribution in [-0.4, -0.2) is 45.0 Å². The molecule has 2 aromatic rings. The quantitative estimate of drug-likeness (QED) is 0.580. The van der Waals surface area contributed by atoms with Crippen LogP contribution >= 0.6 is 0 Å². The van der Waals surface area contributed by atoms with E-state index in [9.17, 15) is 13.2 Å². The lowest BCUT2D eigenvalue weighted by atomic mass is 10.0. The summed E-state index contributed by atoms with van der Waals surface area (Å²) in [6.45, 7) is 5.62. The zero-order valence-corrected chi connectivity index (χ0v) is 16.2. The largest absolute Gasteiger partial charge is 0.423 e. The van der Waals surface area contributed by atoms with Crippen molar-refractivity contribution in [3.63, 3.8) is 0 Å². The van der Waals surface area contributed by atoms with Crippen LogP contribution in [0.15, 0.2) is 53.4 Å². The van der Waals surface area contributed by atoms with E-state index in [1.165, 1.54) is 28.6 Å². The van der Waals surface area contributed by atoms with Crippen LogP contribution in [-0.2, 0) is 14.8 Å². The molecule has 0 aromatic heterocycles. The van der Waals surface area contributed by atoms with Gasteiger partial charge in [-0.25, -0.2) is 13.2 Å². The van der Waals surface area contributed by atoms with Crippen LogP contribution in [0.4, 0.5) is 0 Å². The molecular formula is C20H23NO5S. The number of carbonyl (C=O) groups is 1. The van der Waals surface area contributed by atoms with Gasteiger partial charge in [0.1, 0.15) is 5.75 Å². The van der Waals surface area contributed by atoms with Gasteiger partial charge in [-0.3, -0.25) is 0 Å². The van der Waals surface area contributed by atoms with Crippen LogP contribution in [0.3, 0.4) is 0 Å². The van der Waals surface area contributed by atoms with Gasteiger partial charge >= 0.3 is 5.97 Å². The third-order valence-electron chi connectivity index (χ3n) is 4.46. The maximum atomic E-state index is 12.6. The fraction of sp³-hybridized carbons (Fsp3) is 0.350. The maximum Gasteiger partial charge on any atom is 0.343 e. The van der Waals surface area contributed by atoms with E-state index in [2.05, 4.69) is 13.8 Å². The summed E-state index contributed by atoms with van der Waals surface area (Å²) in [6.07, 6.45) is 0. The summed E-state index contributed by atoms with van der Waals surface area (Å²) in [4.78, 5) is 12.5. The van der Waals surface area contributed by atoms with Crippen LogP contribution < -0.4 is 4.74 Å². The van der Waals surface area contributed by atoms with Gasteiger partial charge in [0.2, 0.25) is 10.0 Å². The summed E-state index contributed by atoms with van der Waals surface area (Å²) in [6, 6.07) is 13.2. The van der Waals surface area contributed by atoms with Gasteiger partial charge < -0.3 is 9.47 Å². The van der Waals surface area contributed by atoms with Gasteiger partial charge in [0.15, 0.2) is 0 Å². The molecule has 0 saturated carbocycles. The van der Waals surface area contributed by atoms with E-state index in [-0.39, 0.29) is 4.90 Å². The van der Waals surface area contributed by atoms with Crippen LogP contribution in [0.25, 0.3) is 0 Å². The molecule has 27 heavy (non-hydrogen) atoms. The number of esters is 1. The molecular weight excluding hydrogens is 366 g/mol. The van der Waals surface area contributed by atoms with Crippen molar-refractivity contribution < 1.29 is 22.7 Å². The Bertz CT molecular complexity index is 883. The maximum absolute atomic E-state index is 12.6. The predicted molar refractivity (Wildman–Crippen MR) is 102 cm³/mol. The lowest BCUT2D eigenvalue weighted by Gasteiger charge is -2.26. The Balaban J connectivity index is 1.70. The van der Waals surface area contributed by atoms with E-state index in [1.807, 2.05) is 12.1 Å². The second kappa shape index (κ2) is 8.21. The first-order chi connectivity index (χ1) is 12.9. The first-order valence-corrected chi connectivity index (χ1v) is 10.3. The molecule has 1 aliphatic rings. The molecule has 0 aliphatic carbocycles. The molecule has 1 aliphatic heterocycles. The highest BCUT2D eigenvalue weighted by atomic mass is 32.2. The molecule has 0 amide bonds. The van der Waals surface area contributed by atoms with Crippen molar-refractivity contribution in [2.45, 2.75) is 24.7 Å². The average Bonchev–Trinajstić information content (AvgIpc) is 2.69. The topological polar surface area (TPSA) is 72.9 Å². The summed E-state index contributed by atoms with van der Waals surface area (Å²) in [5.41, 5.74) is 1.45. The van der Waals surface area contributed by atoms with Crippen molar-refractivity contribution in [2.24, 2.45) is 0 Å². The minimum absolute atomic E-state index is 0.155. The Morgan fingerprint density at radius 3 is 2.15 bits per heavy atom. The van der Waals surface area contributed by atoms with Crippen molar-refractivity contribution in [2.75, 3.05) is 26.3 Å². The highest BCUT2D eigenvalue weighted by molar-refractivity contribution is 7.89. The molecule has 1 heterocycles. The normalized spacial score (nSPS) is 15.7. The molecule has 0 N–H and O–H groups in total. The van der Waals surface area contributed by atoms with Gasteiger partial charge in [0, 0.05) is 13.1 Å². The number of ether oxygens (including phenoxy) is 2. The average molecular weight is 389 g/mol. The van der Waals surface area contributed by atoms with Crippen LogP contribution in [0.5, 0.6) is 5.75 Å².